The number of aromatic nitrogens is 2. The summed E-state index contributed by atoms with van der Waals surface area (Å²) in [5.74, 6) is 4.35. The first-order valence-electron chi connectivity index (χ1n) is 7.62. The molecule has 5 nitrogen and oxygen atoms in total. The smallest absolute Gasteiger partial charge is 0.136 e. The zero-order valence-corrected chi connectivity index (χ0v) is 12.8. The molecule has 20 heavy (non-hydrogen) atoms. The van der Waals surface area contributed by atoms with E-state index in [1.54, 1.807) is 0 Å². The minimum Gasteiger partial charge on any atom is -0.373 e. The first-order chi connectivity index (χ1) is 9.65. The maximum absolute atomic E-state index is 4.77. The summed E-state index contributed by atoms with van der Waals surface area (Å²) in [5, 5.41) is 3.16. The molecule has 1 aliphatic heterocycles. The standard InChI is InChI=1S/C15H25N5/c1-16-13-8-14(18-15(17-13)12-4-5-12)20(3)10-11-6-7-19(2)9-11/h8,11-12H,4-7,9-10H2,1-3H3,(H,16,17,18). The van der Waals surface area contributed by atoms with Crippen molar-refractivity contribution >= 4 is 11.6 Å². The zero-order valence-electron chi connectivity index (χ0n) is 12.8. The van der Waals surface area contributed by atoms with Gasteiger partial charge in [0.1, 0.15) is 17.5 Å². The number of hydrogen-bond acceptors (Lipinski definition) is 5. The molecule has 0 amide bonds. The van der Waals surface area contributed by atoms with E-state index in [1.165, 1.54) is 32.4 Å². The van der Waals surface area contributed by atoms with E-state index in [0.717, 1.165) is 29.9 Å². The number of rotatable bonds is 5. The first kappa shape index (κ1) is 13.6. The molecule has 2 heterocycles. The Hall–Kier alpha value is -1.36. The van der Waals surface area contributed by atoms with Gasteiger partial charge in [-0.15, -0.1) is 0 Å². The minimum absolute atomic E-state index is 0.591. The fraction of sp³-hybridized carbons (Fsp3) is 0.733. The summed E-state index contributed by atoms with van der Waals surface area (Å²) in [6, 6.07) is 2.06. The van der Waals surface area contributed by atoms with Crippen molar-refractivity contribution in [2.45, 2.75) is 25.2 Å². The highest BCUT2D eigenvalue weighted by molar-refractivity contribution is 5.49. The molecule has 5 heteroatoms. The Kier molecular flexibility index (Phi) is 3.78. The molecule has 1 aromatic rings. The van der Waals surface area contributed by atoms with Crippen LogP contribution in [0.3, 0.4) is 0 Å². The Morgan fingerprint density at radius 3 is 2.75 bits per heavy atom. The second-order valence-electron chi connectivity index (χ2n) is 6.29. The predicted octanol–water partition coefficient (Wildman–Crippen LogP) is 1.78. The minimum atomic E-state index is 0.591. The number of hydrogen-bond donors (Lipinski definition) is 1. The van der Waals surface area contributed by atoms with Crippen LogP contribution in [0.15, 0.2) is 6.07 Å². The quantitative estimate of drug-likeness (QED) is 0.887. The third kappa shape index (κ3) is 3.03. The van der Waals surface area contributed by atoms with Crippen molar-refractivity contribution < 1.29 is 0 Å². The van der Waals surface area contributed by atoms with E-state index < -0.39 is 0 Å². The van der Waals surface area contributed by atoms with Crippen LogP contribution in [0.25, 0.3) is 0 Å². The van der Waals surface area contributed by atoms with Crippen molar-refractivity contribution in [3.63, 3.8) is 0 Å². The molecule has 0 bridgehead atoms. The van der Waals surface area contributed by atoms with Crippen LogP contribution < -0.4 is 10.2 Å². The number of nitrogens with zero attached hydrogens (tertiary/aromatic N) is 4. The highest BCUT2D eigenvalue weighted by atomic mass is 15.2. The maximum Gasteiger partial charge on any atom is 0.136 e. The first-order valence-corrected chi connectivity index (χ1v) is 7.62. The van der Waals surface area contributed by atoms with Gasteiger partial charge < -0.3 is 15.1 Å². The fourth-order valence-corrected chi connectivity index (χ4v) is 2.96. The molecule has 1 N–H and O–H groups in total. The van der Waals surface area contributed by atoms with Crippen LogP contribution in [-0.4, -0.2) is 55.6 Å². The molecule has 3 rings (SSSR count). The van der Waals surface area contributed by atoms with Gasteiger partial charge in [-0.3, -0.25) is 0 Å². The van der Waals surface area contributed by atoms with Gasteiger partial charge in [0.05, 0.1) is 0 Å². The van der Waals surface area contributed by atoms with E-state index in [2.05, 4.69) is 40.3 Å². The van der Waals surface area contributed by atoms with Crippen LogP contribution in [0.2, 0.25) is 0 Å². The Balaban J connectivity index is 1.72. The molecule has 1 unspecified atom stereocenters. The second-order valence-corrected chi connectivity index (χ2v) is 6.29. The molecule has 2 aliphatic rings. The maximum atomic E-state index is 4.77. The molecule has 0 spiro atoms. The Bertz CT molecular complexity index is 471. The van der Waals surface area contributed by atoms with Crippen LogP contribution in [0.5, 0.6) is 0 Å². The zero-order chi connectivity index (χ0) is 14.1. The molecular weight excluding hydrogens is 250 g/mol. The van der Waals surface area contributed by atoms with Crippen LogP contribution in [-0.2, 0) is 0 Å². The third-order valence-corrected chi connectivity index (χ3v) is 4.34. The highest BCUT2D eigenvalue weighted by Gasteiger charge is 2.28. The molecule has 110 valence electrons. The van der Waals surface area contributed by atoms with Crippen LogP contribution >= 0.6 is 0 Å². The van der Waals surface area contributed by atoms with Gasteiger partial charge in [0, 0.05) is 39.2 Å². The van der Waals surface area contributed by atoms with Crippen molar-refractivity contribution in [1.29, 1.82) is 0 Å². The van der Waals surface area contributed by atoms with E-state index in [0.29, 0.717) is 5.92 Å². The third-order valence-electron chi connectivity index (χ3n) is 4.34. The van der Waals surface area contributed by atoms with Gasteiger partial charge in [-0.1, -0.05) is 0 Å². The number of likely N-dealkylation sites (tertiary alicyclic amines) is 1. The van der Waals surface area contributed by atoms with Gasteiger partial charge in [0.25, 0.3) is 0 Å². The lowest BCUT2D eigenvalue weighted by atomic mass is 10.1. The van der Waals surface area contributed by atoms with E-state index in [9.17, 15) is 0 Å². The van der Waals surface area contributed by atoms with Gasteiger partial charge >= 0.3 is 0 Å². The van der Waals surface area contributed by atoms with E-state index in [4.69, 9.17) is 4.98 Å². The molecule has 1 aromatic heterocycles. The summed E-state index contributed by atoms with van der Waals surface area (Å²) in [7, 11) is 6.28. The molecule has 0 aromatic carbocycles. The second kappa shape index (κ2) is 5.56. The fourth-order valence-electron chi connectivity index (χ4n) is 2.96. The van der Waals surface area contributed by atoms with Crippen molar-refractivity contribution in [2.24, 2.45) is 5.92 Å². The van der Waals surface area contributed by atoms with Crippen molar-refractivity contribution in [1.82, 2.24) is 14.9 Å². The summed E-state index contributed by atoms with van der Waals surface area (Å²) >= 11 is 0. The molecule has 2 fully saturated rings. The SMILES string of the molecule is CNc1cc(N(C)CC2CCN(C)C2)nc(C2CC2)n1. The normalized spacial score (nSPS) is 23.1. The molecule has 0 radical (unpaired) electrons. The molecule has 1 aliphatic carbocycles. The molecule has 1 atom stereocenters. The Morgan fingerprint density at radius 1 is 1.35 bits per heavy atom. The number of nitrogens with one attached hydrogen (secondary N) is 1. The molecule has 1 saturated heterocycles. The van der Waals surface area contributed by atoms with Crippen LogP contribution in [0, 0.1) is 5.92 Å². The summed E-state index contributed by atoms with van der Waals surface area (Å²) in [4.78, 5) is 14.0. The van der Waals surface area contributed by atoms with E-state index in [-0.39, 0.29) is 0 Å². The molecular formula is C15H25N5. The topological polar surface area (TPSA) is 44.3 Å². The van der Waals surface area contributed by atoms with Crippen molar-refractivity contribution in [2.75, 3.05) is 51.0 Å². The summed E-state index contributed by atoms with van der Waals surface area (Å²) in [5.41, 5.74) is 0. The van der Waals surface area contributed by atoms with Gasteiger partial charge in [0.15, 0.2) is 0 Å². The summed E-state index contributed by atoms with van der Waals surface area (Å²) in [6.45, 7) is 3.50. The average Bonchev–Trinajstić information content (AvgIpc) is 3.22. The van der Waals surface area contributed by atoms with Gasteiger partial charge in [-0.25, -0.2) is 9.97 Å². The summed E-state index contributed by atoms with van der Waals surface area (Å²) < 4.78 is 0. The van der Waals surface area contributed by atoms with Crippen molar-refractivity contribution in [3.05, 3.63) is 11.9 Å². The van der Waals surface area contributed by atoms with E-state index in [1.807, 2.05) is 7.05 Å². The Labute approximate surface area is 121 Å². The molecule has 1 saturated carbocycles. The largest absolute Gasteiger partial charge is 0.373 e. The van der Waals surface area contributed by atoms with E-state index >= 15 is 0 Å². The predicted molar refractivity (Wildman–Crippen MR) is 82.4 cm³/mol. The monoisotopic (exact) mass is 275 g/mol. The average molecular weight is 275 g/mol. The van der Waals surface area contributed by atoms with Gasteiger partial charge in [-0.05, 0) is 38.8 Å². The lowest BCUT2D eigenvalue weighted by Gasteiger charge is -2.23. The van der Waals surface area contributed by atoms with Crippen molar-refractivity contribution in [3.8, 4) is 0 Å². The van der Waals surface area contributed by atoms with Crippen LogP contribution in [0.4, 0.5) is 11.6 Å². The summed E-state index contributed by atoms with van der Waals surface area (Å²) in [6.07, 6.45) is 3.77. The van der Waals surface area contributed by atoms with Gasteiger partial charge in [0.2, 0.25) is 0 Å². The van der Waals surface area contributed by atoms with Gasteiger partial charge in [-0.2, -0.15) is 0 Å². The Morgan fingerprint density at radius 2 is 2.15 bits per heavy atom. The lowest BCUT2D eigenvalue weighted by molar-refractivity contribution is 0.395. The van der Waals surface area contributed by atoms with Crippen LogP contribution in [0.1, 0.15) is 31.0 Å². The lowest BCUT2D eigenvalue weighted by Crippen LogP contribution is -2.28. The number of anilines is 2. The highest BCUT2D eigenvalue weighted by Crippen LogP contribution is 2.39.